The fourth-order valence-corrected chi connectivity index (χ4v) is 17.0. The maximum atomic E-state index is 13.4. The zero-order chi connectivity index (χ0) is 85.7. The van der Waals surface area contributed by atoms with Crippen LogP contribution in [0.2, 0.25) is 0 Å². The summed E-state index contributed by atoms with van der Waals surface area (Å²) in [4.78, 5) is -2.28. The van der Waals surface area contributed by atoms with Crippen molar-refractivity contribution in [2.75, 3.05) is 18.1 Å². The minimum Gasteiger partial charge on any atom is -0.507 e. The van der Waals surface area contributed by atoms with Gasteiger partial charge in [0.05, 0.1) is 54.9 Å². The van der Waals surface area contributed by atoms with Gasteiger partial charge < -0.3 is 30.9 Å². The van der Waals surface area contributed by atoms with E-state index < -0.39 is 303 Å². The highest BCUT2D eigenvalue weighted by Crippen LogP contribution is 2.52. The summed E-state index contributed by atoms with van der Waals surface area (Å²) < 4.78 is 360. The molecule has 0 saturated heterocycles. The van der Waals surface area contributed by atoms with E-state index in [0.717, 1.165) is 12.1 Å². The van der Waals surface area contributed by atoms with Gasteiger partial charge in [-0.3, -0.25) is 55.6 Å². The summed E-state index contributed by atoms with van der Waals surface area (Å²) in [5.41, 5.74) is -6.08. The molecule has 0 spiro atoms. The van der Waals surface area contributed by atoms with Crippen LogP contribution >= 0.6 is 0 Å². The summed E-state index contributed by atoms with van der Waals surface area (Å²) >= 11 is 0. The quantitative estimate of drug-likeness (QED) is 0.00631. The number of ether oxygens (including phenoxy) is 1. The largest absolute Gasteiger partial charge is 0.507 e. The number of fused-ring (bicyclic) bond motifs is 4. The number of rotatable bonds is 25. The first-order valence-corrected chi connectivity index (χ1v) is 44.2. The summed E-state index contributed by atoms with van der Waals surface area (Å²) in [7, 11) is -55.2. The van der Waals surface area contributed by atoms with Crippen LogP contribution in [0.3, 0.4) is 0 Å². The molecule has 10 aromatic rings. The molecule has 115 heavy (non-hydrogen) atoms. The number of hydrogen-bond donors (Lipinski definition) is 15. The molecule has 0 atom stereocenters. The number of nitro benzene ring substituents is 1. The smallest absolute Gasteiger partial charge is 0.297 e. The second-order valence-electron chi connectivity index (χ2n) is 23.3. The third-order valence-electron chi connectivity index (χ3n) is 15.6. The van der Waals surface area contributed by atoms with Crippen LogP contribution in [0, 0.1) is 17.0 Å². The lowest BCUT2D eigenvalue weighted by Crippen LogP contribution is -2.08. The summed E-state index contributed by atoms with van der Waals surface area (Å²) in [6.45, 7) is 0.618. The van der Waals surface area contributed by atoms with Crippen molar-refractivity contribution in [3.05, 3.63) is 119 Å². The average Bonchev–Trinajstić information content (AvgIpc) is 0.739. The van der Waals surface area contributed by atoms with E-state index in [9.17, 15) is 160 Å². The van der Waals surface area contributed by atoms with Crippen LogP contribution in [0.15, 0.2) is 198 Å². The van der Waals surface area contributed by atoms with E-state index in [4.69, 9.17) is 10.5 Å². The molecular weight excluding hydrogens is 1750 g/mol. The minimum absolute atomic E-state index is 0.0567. The van der Waals surface area contributed by atoms with Gasteiger partial charge in [-0.05, 0) is 109 Å². The van der Waals surface area contributed by atoms with E-state index in [0.29, 0.717) is 66.7 Å². The number of hydrogen-bond acceptors (Lipinski definition) is 38. The number of aromatic hydroxyl groups is 4. The number of azo groups is 5. The lowest BCUT2D eigenvalue weighted by Gasteiger charge is -2.15. The van der Waals surface area contributed by atoms with Crippen molar-refractivity contribution in [3.63, 3.8) is 0 Å². The number of nitrogens with zero attached hydrogens (tertiary/aromatic N) is 11. The van der Waals surface area contributed by atoms with Crippen LogP contribution < -0.4 is 10.5 Å². The van der Waals surface area contributed by atoms with Gasteiger partial charge in [0.2, 0.25) is 0 Å². The number of nitro groups is 1. The maximum absolute atomic E-state index is 13.4. The van der Waals surface area contributed by atoms with Crippen molar-refractivity contribution in [1.29, 1.82) is 0 Å². The zero-order valence-electron chi connectivity index (χ0n) is 55.7. The van der Waals surface area contributed by atoms with E-state index in [1.54, 1.807) is 0 Å². The standard InChI is InChI=1S/C56H42N12O37S10/c1-22-9-35(40(105-7-2-8-106(75,76)77)20-34(22)60-63-37-15-26(107(78,79)80)10-24-11-27(108(81,82)83)16-39(69)47(24)37)61-65-50-44(112(93,94)95)13-23-12-42(110(87,88)89)36(17-29(23)54(50)71)62-66-51-45(113(96,97)98)18-30-28(53(51)70)4-6-33(56(30)115(102,103)104)59-64-38-21-41(109(84,85)86)31-19-46(114(99,100)101)52(55(72)48(31)49(38)57)67-58-32-5-3-25(68(73)74)14-43(32)111(90,91)92/h3-6,9-21,69-72H,2,7-8,57H2,1H3,(H,75,76,77)(H,78,79,80)(H,81,82,83)(H,84,85,86)(H,87,88,89)(H,90,91,92)(H,93,94,95)(H,96,97,98)(H,99,100,101)(H,102,103,104)/b63-60-,64-59?,65-61-,66-62?,67-58-. The molecule has 0 aliphatic rings. The first-order chi connectivity index (χ1) is 52.6. The Kier molecular flexibility index (Phi) is 22.5. The number of nitrogen functional groups attached to an aromatic ring is 1. The third kappa shape index (κ3) is 18.4. The Bertz CT molecular complexity index is 7430. The minimum atomic E-state index is -5.99. The topological polar surface area (TPSA) is 827 Å². The van der Waals surface area contributed by atoms with E-state index in [2.05, 4.69) is 51.1 Å². The zero-order valence-corrected chi connectivity index (χ0v) is 63.8. The predicted molar refractivity (Wildman–Crippen MR) is 387 cm³/mol. The molecule has 59 heteroatoms. The molecule has 0 fully saturated rings. The molecule has 0 aliphatic heterocycles. The Labute approximate surface area is 642 Å². The molecule has 10 rings (SSSR count). The Morgan fingerprint density at radius 1 is 0.374 bits per heavy atom. The van der Waals surface area contributed by atoms with Crippen LogP contribution in [0.1, 0.15) is 12.0 Å². The van der Waals surface area contributed by atoms with Crippen molar-refractivity contribution in [3.8, 4) is 28.7 Å². The predicted octanol–water partition coefficient (Wildman–Crippen LogP) is 9.87. The molecule has 0 aliphatic carbocycles. The average molecular weight is 1800 g/mol. The Morgan fingerprint density at radius 3 is 1.36 bits per heavy atom. The molecule has 49 nitrogen and oxygen atoms in total. The summed E-state index contributed by atoms with van der Waals surface area (Å²) in [6, 6.07) is 8.91. The van der Waals surface area contributed by atoms with Crippen molar-refractivity contribution in [2.45, 2.75) is 57.4 Å². The molecule has 16 N–H and O–H groups in total. The second-order valence-corrected chi connectivity index (χ2v) is 37.4. The van der Waals surface area contributed by atoms with E-state index in [-0.39, 0.29) is 35.5 Å². The first kappa shape index (κ1) is 86.0. The molecular formula is C56H42N12O37S10. The lowest BCUT2D eigenvalue weighted by atomic mass is 10.0. The second kappa shape index (κ2) is 30.1. The van der Waals surface area contributed by atoms with Crippen LogP contribution in [-0.4, -0.2) is 167 Å². The van der Waals surface area contributed by atoms with Gasteiger partial charge in [0.25, 0.3) is 107 Å². The Balaban J connectivity index is 1.09. The molecule has 0 amide bonds. The van der Waals surface area contributed by atoms with E-state index in [1.165, 1.54) is 6.92 Å². The molecule has 10 aromatic carbocycles. The van der Waals surface area contributed by atoms with Gasteiger partial charge in [0, 0.05) is 45.8 Å². The Hall–Kier alpha value is -11.5. The highest BCUT2D eigenvalue weighted by Gasteiger charge is 2.34. The fraction of sp³-hybridized carbons (Fsp3) is 0.0714. The number of aryl methyl sites for hydroxylation is 1. The summed E-state index contributed by atoms with van der Waals surface area (Å²) in [5, 5.41) is 87.2. The molecule has 0 unspecified atom stereocenters. The molecule has 608 valence electrons. The van der Waals surface area contributed by atoms with Crippen LogP contribution in [-0.2, 0) is 101 Å². The van der Waals surface area contributed by atoms with E-state index in [1.807, 2.05) is 0 Å². The summed E-state index contributed by atoms with van der Waals surface area (Å²) in [5.74, 6) is -7.04. The van der Waals surface area contributed by atoms with E-state index >= 15 is 0 Å². The van der Waals surface area contributed by atoms with Crippen LogP contribution in [0.4, 0.5) is 68.2 Å². The van der Waals surface area contributed by atoms with Gasteiger partial charge in [0.15, 0.2) is 17.2 Å². The normalized spacial score (nSPS) is 13.5. The molecule has 0 bridgehead atoms. The number of phenols is 4. The number of non-ortho nitro benzene ring substituents is 1. The van der Waals surface area contributed by atoms with Gasteiger partial charge in [0.1, 0.15) is 91.3 Å². The fourth-order valence-electron chi connectivity index (χ4n) is 10.7. The molecule has 0 heterocycles. The molecule has 0 saturated carbocycles. The number of nitrogens with two attached hydrogens (primary N) is 1. The SMILES string of the molecule is Cc1cc(/N=N\c2c(S(=O)(=O)O)cc3cc(S(=O)(=O)O)c(N=Nc4c(S(=O)(=O)O)cc5c(S(=O)(=O)O)c(N=Nc6cc(S(=O)(=O)O)c7cc(S(=O)(=O)O)c(/N=N\c8ccc([N+](=O)[O-])cc8S(=O)(=O)O)c(O)c7c6N)ccc5c4O)cc3c2O)c(OCCCS(=O)(=O)O)cc1/N=N\c1cc(S(=O)(=O)O)cc2cc(S(=O)(=O)O)cc(O)c12. The van der Waals surface area contributed by atoms with Crippen molar-refractivity contribution in [1.82, 2.24) is 0 Å². The van der Waals surface area contributed by atoms with Gasteiger partial charge in [-0.15, -0.1) is 46.0 Å². The monoisotopic (exact) mass is 1790 g/mol. The Morgan fingerprint density at radius 2 is 0.826 bits per heavy atom. The highest BCUT2D eigenvalue weighted by molar-refractivity contribution is 7.88. The third-order valence-corrected chi connectivity index (χ3v) is 24.3. The van der Waals surface area contributed by atoms with Gasteiger partial charge >= 0.3 is 0 Å². The summed E-state index contributed by atoms with van der Waals surface area (Å²) in [6.07, 6.45) is -0.492. The highest BCUT2D eigenvalue weighted by atomic mass is 32.3. The number of benzene rings is 10. The van der Waals surface area contributed by atoms with Crippen molar-refractivity contribution in [2.24, 2.45) is 51.1 Å². The number of phenolic OH excluding ortho intramolecular Hbond substituents is 4. The number of anilines is 1. The first-order valence-electron chi connectivity index (χ1n) is 29.6. The van der Waals surface area contributed by atoms with Crippen LogP contribution in [0.25, 0.3) is 43.1 Å². The van der Waals surface area contributed by atoms with Crippen molar-refractivity contribution < 1.29 is 160 Å². The van der Waals surface area contributed by atoms with Gasteiger partial charge in [-0.1, -0.05) is 0 Å². The maximum Gasteiger partial charge on any atom is 0.297 e. The van der Waals surface area contributed by atoms with Crippen LogP contribution in [0.5, 0.6) is 28.7 Å². The molecule has 0 radical (unpaired) electrons. The lowest BCUT2D eigenvalue weighted by molar-refractivity contribution is -0.385. The molecule has 0 aromatic heterocycles. The van der Waals surface area contributed by atoms with Gasteiger partial charge in [-0.2, -0.15) is 89.3 Å². The van der Waals surface area contributed by atoms with Gasteiger partial charge in [-0.25, -0.2) is 0 Å². The van der Waals surface area contributed by atoms with Crippen molar-refractivity contribution >= 4 is 213 Å².